The van der Waals surface area contributed by atoms with Gasteiger partial charge in [-0.15, -0.1) is 0 Å². The molecular weight excluding hydrogens is 374 g/mol. The van der Waals surface area contributed by atoms with E-state index in [0.29, 0.717) is 29.8 Å². The second-order valence-corrected chi connectivity index (χ2v) is 9.90. The molecule has 3 heterocycles. The van der Waals surface area contributed by atoms with Crippen molar-refractivity contribution in [1.29, 1.82) is 0 Å². The highest BCUT2D eigenvalue weighted by Gasteiger charge is 2.38. The number of nitrogens with zero attached hydrogens (tertiary/aromatic N) is 1. The van der Waals surface area contributed by atoms with E-state index >= 15 is 0 Å². The average molecular weight is 414 g/mol. The first-order valence-electron chi connectivity index (χ1n) is 11.9. The summed E-state index contributed by atoms with van der Waals surface area (Å²) in [6.45, 7) is 7.30. The van der Waals surface area contributed by atoms with Crippen molar-refractivity contribution in [2.75, 3.05) is 19.6 Å². The predicted molar refractivity (Wildman–Crippen MR) is 120 cm³/mol. The maximum atomic E-state index is 13.0. The van der Waals surface area contributed by atoms with Crippen LogP contribution in [0.25, 0.3) is 0 Å². The number of hydrazine groups is 2. The van der Waals surface area contributed by atoms with Crippen LogP contribution in [0.3, 0.4) is 0 Å². The predicted octanol–water partition coefficient (Wildman–Crippen LogP) is 2.23. The SMILES string of the molecule is CC(C)CC1CC(C(=O)N2CCC(C3NNCC3CCc3ccccc3)CC2)NN1. The molecular formula is C24H39N5O. The minimum absolute atomic E-state index is 0.0600. The van der Waals surface area contributed by atoms with Gasteiger partial charge >= 0.3 is 0 Å². The molecule has 3 aliphatic heterocycles. The van der Waals surface area contributed by atoms with Gasteiger partial charge in [-0.3, -0.25) is 21.1 Å². The Labute approximate surface area is 181 Å². The lowest BCUT2D eigenvalue weighted by atomic mass is 9.81. The van der Waals surface area contributed by atoms with E-state index in [1.54, 1.807) is 0 Å². The molecule has 0 aromatic heterocycles. The Kier molecular flexibility index (Phi) is 7.41. The summed E-state index contributed by atoms with van der Waals surface area (Å²) in [5.74, 6) is 2.24. The number of hydrogen-bond donors (Lipinski definition) is 4. The molecule has 0 radical (unpaired) electrons. The van der Waals surface area contributed by atoms with E-state index in [9.17, 15) is 4.79 Å². The Hall–Kier alpha value is -1.47. The zero-order chi connectivity index (χ0) is 20.9. The van der Waals surface area contributed by atoms with Crippen LogP contribution in [0.2, 0.25) is 0 Å². The molecule has 6 heteroatoms. The summed E-state index contributed by atoms with van der Waals surface area (Å²) >= 11 is 0. The van der Waals surface area contributed by atoms with E-state index in [1.807, 2.05) is 0 Å². The van der Waals surface area contributed by atoms with E-state index in [0.717, 1.165) is 51.7 Å². The number of nitrogens with one attached hydrogen (secondary N) is 4. The van der Waals surface area contributed by atoms with Crippen molar-refractivity contribution < 1.29 is 4.79 Å². The molecule has 4 N–H and O–H groups in total. The fourth-order valence-corrected chi connectivity index (χ4v) is 5.54. The molecule has 3 saturated heterocycles. The molecule has 0 spiro atoms. The first kappa shape index (κ1) is 21.8. The van der Waals surface area contributed by atoms with Crippen LogP contribution in [0.5, 0.6) is 0 Å². The zero-order valence-electron chi connectivity index (χ0n) is 18.6. The summed E-state index contributed by atoms with van der Waals surface area (Å²) in [5, 5.41) is 0. The number of piperidine rings is 1. The third-order valence-corrected chi connectivity index (χ3v) is 7.18. The second kappa shape index (κ2) is 10.2. The molecule has 1 aromatic carbocycles. The van der Waals surface area contributed by atoms with Gasteiger partial charge in [0.05, 0.1) is 0 Å². The van der Waals surface area contributed by atoms with Crippen molar-refractivity contribution in [1.82, 2.24) is 26.6 Å². The minimum atomic E-state index is -0.0600. The molecule has 1 aromatic rings. The summed E-state index contributed by atoms with van der Waals surface area (Å²) in [4.78, 5) is 15.1. The number of carbonyl (C=O) groups is 1. The topological polar surface area (TPSA) is 68.4 Å². The highest BCUT2D eigenvalue weighted by molar-refractivity contribution is 5.82. The van der Waals surface area contributed by atoms with Crippen LogP contribution in [0.1, 0.15) is 51.5 Å². The van der Waals surface area contributed by atoms with Gasteiger partial charge in [-0.05, 0) is 61.8 Å². The van der Waals surface area contributed by atoms with Crippen LogP contribution in [0.15, 0.2) is 30.3 Å². The standard InChI is InChI=1S/C24H39N5O/c1-17(2)14-21-15-22(27-26-21)24(30)29-12-10-19(11-13-29)23-20(16-25-28-23)9-8-18-6-4-3-5-7-18/h3-7,17,19-23,25-28H,8-16H2,1-2H3. The fourth-order valence-electron chi connectivity index (χ4n) is 5.54. The van der Waals surface area contributed by atoms with E-state index in [4.69, 9.17) is 0 Å². The van der Waals surface area contributed by atoms with E-state index < -0.39 is 0 Å². The summed E-state index contributed by atoms with van der Waals surface area (Å²) < 4.78 is 0. The molecule has 4 unspecified atom stereocenters. The van der Waals surface area contributed by atoms with E-state index in [1.165, 1.54) is 12.0 Å². The Morgan fingerprint density at radius 2 is 1.87 bits per heavy atom. The molecule has 0 aliphatic carbocycles. The highest BCUT2D eigenvalue weighted by atomic mass is 16.2. The van der Waals surface area contributed by atoms with Gasteiger partial charge in [0.2, 0.25) is 5.91 Å². The number of benzene rings is 1. The van der Waals surface area contributed by atoms with Gasteiger partial charge in [-0.25, -0.2) is 5.43 Å². The number of likely N-dealkylation sites (tertiary alicyclic amines) is 1. The lowest BCUT2D eigenvalue weighted by molar-refractivity contribution is -0.134. The zero-order valence-corrected chi connectivity index (χ0v) is 18.6. The van der Waals surface area contributed by atoms with Gasteiger partial charge in [0.25, 0.3) is 0 Å². The molecule has 6 nitrogen and oxygen atoms in total. The highest BCUT2D eigenvalue weighted by Crippen LogP contribution is 2.29. The fraction of sp³-hybridized carbons (Fsp3) is 0.708. The third-order valence-electron chi connectivity index (χ3n) is 7.18. The Morgan fingerprint density at radius 1 is 1.10 bits per heavy atom. The Bertz CT molecular complexity index is 673. The molecule has 166 valence electrons. The van der Waals surface area contributed by atoms with E-state index in [2.05, 4.69) is 70.8 Å². The normalized spacial score (nSPS) is 30.3. The summed E-state index contributed by atoms with van der Waals surface area (Å²) in [5.41, 5.74) is 15.0. The Morgan fingerprint density at radius 3 is 2.60 bits per heavy atom. The molecule has 1 amide bonds. The molecule has 4 atom stereocenters. The number of carbonyl (C=O) groups excluding carboxylic acids is 1. The number of amides is 1. The number of aryl methyl sites for hydroxylation is 1. The van der Waals surface area contributed by atoms with Gasteiger partial charge in [0, 0.05) is 31.7 Å². The molecule has 3 aliphatic rings. The first-order valence-corrected chi connectivity index (χ1v) is 11.9. The lowest BCUT2D eigenvalue weighted by Gasteiger charge is -2.37. The second-order valence-electron chi connectivity index (χ2n) is 9.90. The van der Waals surface area contributed by atoms with Crippen LogP contribution in [0.4, 0.5) is 0 Å². The average Bonchev–Trinajstić information content (AvgIpc) is 3.42. The summed E-state index contributed by atoms with van der Waals surface area (Å²) in [6, 6.07) is 11.7. The van der Waals surface area contributed by atoms with Crippen LogP contribution < -0.4 is 21.7 Å². The molecule has 4 rings (SSSR count). The van der Waals surface area contributed by atoms with Gasteiger partial charge in [0.1, 0.15) is 6.04 Å². The van der Waals surface area contributed by atoms with Crippen LogP contribution in [-0.2, 0) is 11.2 Å². The smallest absolute Gasteiger partial charge is 0.241 e. The van der Waals surface area contributed by atoms with Crippen molar-refractivity contribution in [2.24, 2.45) is 17.8 Å². The van der Waals surface area contributed by atoms with E-state index in [-0.39, 0.29) is 11.9 Å². The number of rotatable bonds is 7. The summed E-state index contributed by atoms with van der Waals surface area (Å²) in [7, 11) is 0. The molecule has 3 fully saturated rings. The number of hydrogen-bond acceptors (Lipinski definition) is 5. The van der Waals surface area contributed by atoms with Gasteiger partial charge in [-0.2, -0.15) is 0 Å². The minimum Gasteiger partial charge on any atom is -0.341 e. The van der Waals surface area contributed by atoms with Crippen molar-refractivity contribution in [3.63, 3.8) is 0 Å². The summed E-state index contributed by atoms with van der Waals surface area (Å²) in [6.07, 6.45) is 6.57. The van der Waals surface area contributed by atoms with Crippen molar-refractivity contribution in [3.8, 4) is 0 Å². The van der Waals surface area contributed by atoms with Crippen LogP contribution in [-0.4, -0.2) is 48.6 Å². The largest absolute Gasteiger partial charge is 0.341 e. The van der Waals surface area contributed by atoms with Gasteiger partial charge in [0.15, 0.2) is 0 Å². The monoisotopic (exact) mass is 413 g/mol. The quantitative estimate of drug-likeness (QED) is 0.552. The van der Waals surface area contributed by atoms with Gasteiger partial charge in [-0.1, -0.05) is 44.2 Å². The van der Waals surface area contributed by atoms with Crippen molar-refractivity contribution in [2.45, 2.75) is 70.5 Å². The molecule has 30 heavy (non-hydrogen) atoms. The maximum Gasteiger partial charge on any atom is 0.241 e. The lowest BCUT2D eigenvalue weighted by Crippen LogP contribution is -2.51. The molecule has 0 bridgehead atoms. The van der Waals surface area contributed by atoms with Crippen LogP contribution in [0, 0.1) is 17.8 Å². The first-order chi connectivity index (χ1) is 14.6. The third kappa shape index (κ3) is 5.41. The van der Waals surface area contributed by atoms with Crippen molar-refractivity contribution in [3.05, 3.63) is 35.9 Å². The Balaban J connectivity index is 1.23. The van der Waals surface area contributed by atoms with Crippen molar-refractivity contribution >= 4 is 5.91 Å². The molecule has 0 saturated carbocycles. The van der Waals surface area contributed by atoms with Crippen LogP contribution >= 0.6 is 0 Å². The van der Waals surface area contributed by atoms with Gasteiger partial charge < -0.3 is 4.90 Å². The maximum absolute atomic E-state index is 13.0.